The summed E-state index contributed by atoms with van der Waals surface area (Å²) in [4.78, 5) is 12.5. The molecule has 5 nitrogen and oxygen atoms in total. The molecule has 7 heteroatoms. The summed E-state index contributed by atoms with van der Waals surface area (Å²) in [6.45, 7) is 10.3. The molecule has 1 amide bonds. The van der Waals surface area contributed by atoms with E-state index in [1.165, 1.54) is 11.8 Å². The first-order chi connectivity index (χ1) is 13.9. The maximum atomic E-state index is 12.5. The summed E-state index contributed by atoms with van der Waals surface area (Å²) in [5, 5.41) is 12.7. The van der Waals surface area contributed by atoms with Crippen LogP contribution in [0.15, 0.2) is 54.2 Å². The second-order valence-electron chi connectivity index (χ2n) is 6.85. The first-order valence-corrected chi connectivity index (χ1v) is 10.6. The van der Waals surface area contributed by atoms with Gasteiger partial charge in [0.2, 0.25) is 5.91 Å². The number of hydrogen-bond acceptors (Lipinski definition) is 4. The molecule has 0 radical (unpaired) electrons. The SMILES string of the molecule is C=CCn1c(SCC(=O)Nc2c(C)cc(C)cc2Cl)nnc1-c1cccc(C)c1. The molecule has 3 rings (SSSR count). The van der Waals surface area contributed by atoms with Crippen molar-refractivity contribution < 1.29 is 4.79 Å². The van der Waals surface area contributed by atoms with Crippen LogP contribution in [0.5, 0.6) is 0 Å². The minimum Gasteiger partial charge on any atom is -0.324 e. The van der Waals surface area contributed by atoms with Gasteiger partial charge in [-0.15, -0.1) is 16.8 Å². The highest BCUT2D eigenvalue weighted by Gasteiger charge is 2.16. The normalized spacial score (nSPS) is 10.8. The molecule has 0 aliphatic carbocycles. The minimum absolute atomic E-state index is 0.144. The van der Waals surface area contributed by atoms with Crippen LogP contribution >= 0.6 is 23.4 Å². The number of allylic oxidation sites excluding steroid dienone is 1. The highest BCUT2D eigenvalue weighted by atomic mass is 35.5. The number of nitrogens with one attached hydrogen (secondary N) is 1. The molecule has 29 heavy (non-hydrogen) atoms. The number of carbonyl (C=O) groups excluding carboxylic acids is 1. The number of rotatable bonds is 7. The third-order valence-electron chi connectivity index (χ3n) is 4.33. The highest BCUT2D eigenvalue weighted by molar-refractivity contribution is 7.99. The second kappa shape index (κ2) is 9.29. The predicted molar refractivity (Wildman–Crippen MR) is 121 cm³/mol. The molecular weight excluding hydrogens is 404 g/mol. The number of benzene rings is 2. The van der Waals surface area contributed by atoms with E-state index in [1.807, 2.05) is 55.7 Å². The van der Waals surface area contributed by atoms with Gasteiger partial charge in [-0.1, -0.05) is 59.3 Å². The van der Waals surface area contributed by atoms with E-state index in [4.69, 9.17) is 11.6 Å². The Morgan fingerprint density at radius 2 is 2.00 bits per heavy atom. The molecule has 3 aromatic rings. The zero-order valence-electron chi connectivity index (χ0n) is 16.7. The maximum Gasteiger partial charge on any atom is 0.234 e. The maximum absolute atomic E-state index is 12.5. The molecule has 0 unspecified atom stereocenters. The second-order valence-corrected chi connectivity index (χ2v) is 8.20. The molecule has 0 aliphatic rings. The zero-order chi connectivity index (χ0) is 21.0. The zero-order valence-corrected chi connectivity index (χ0v) is 18.3. The Hall–Kier alpha value is -2.57. The van der Waals surface area contributed by atoms with Crippen LogP contribution in [0.1, 0.15) is 16.7 Å². The van der Waals surface area contributed by atoms with Crippen LogP contribution in [0.3, 0.4) is 0 Å². The van der Waals surface area contributed by atoms with E-state index in [0.717, 1.165) is 28.1 Å². The summed E-state index contributed by atoms with van der Waals surface area (Å²) < 4.78 is 1.96. The molecule has 2 aromatic carbocycles. The van der Waals surface area contributed by atoms with E-state index in [2.05, 4.69) is 28.2 Å². The number of hydrogen-bond donors (Lipinski definition) is 1. The van der Waals surface area contributed by atoms with Gasteiger partial charge in [-0.25, -0.2) is 0 Å². The molecule has 0 saturated carbocycles. The van der Waals surface area contributed by atoms with Crippen molar-refractivity contribution in [1.82, 2.24) is 14.8 Å². The fourth-order valence-corrected chi connectivity index (χ4v) is 4.18. The van der Waals surface area contributed by atoms with Gasteiger partial charge in [-0.3, -0.25) is 9.36 Å². The van der Waals surface area contributed by atoms with E-state index in [1.54, 1.807) is 6.08 Å². The van der Waals surface area contributed by atoms with Crippen LogP contribution in [-0.2, 0) is 11.3 Å². The monoisotopic (exact) mass is 426 g/mol. The Balaban J connectivity index is 1.75. The van der Waals surface area contributed by atoms with Crippen molar-refractivity contribution in [3.05, 3.63) is 70.8 Å². The molecular formula is C22H23ClN4OS. The standard InChI is InChI=1S/C22H23ClN4OS/c1-5-9-27-21(17-8-6-7-14(2)11-17)25-26-22(27)29-13-19(28)24-20-16(4)10-15(3)12-18(20)23/h5-8,10-12H,1,9,13H2,2-4H3,(H,24,28). The largest absolute Gasteiger partial charge is 0.324 e. The van der Waals surface area contributed by atoms with Gasteiger partial charge in [-0.2, -0.15) is 0 Å². The number of halogens is 1. The Labute approximate surface area is 180 Å². The molecule has 0 atom stereocenters. The van der Waals surface area contributed by atoms with Crippen molar-refractivity contribution in [3.8, 4) is 11.4 Å². The number of carbonyl (C=O) groups is 1. The number of amides is 1. The number of aryl methyl sites for hydroxylation is 3. The molecule has 1 aromatic heterocycles. The van der Waals surface area contributed by atoms with Crippen LogP contribution in [-0.4, -0.2) is 26.4 Å². The van der Waals surface area contributed by atoms with Crippen molar-refractivity contribution in [2.24, 2.45) is 0 Å². The average molecular weight is 427 g/mol. The van der Waals surface area contributed by atoms with Crippen LogP contribution in [0.2, 0.25) is 5.02 Å². The molecule has 0 bridgehead atoms. The number of anilines is 1. The van der Waals surface area contributed by atoms with Gasteiger partial charge < -0.3 is 5.32 Å². The van der Waals surface area contributed by atoms with Gasteiger partial charge in [-0.05, 0) is 44.0 Å². The predicted octanol–water partition coefficient (Wildman–Crippen LogP) is 5.44. The van der Waals surface area contributed by atoms with Crippen molar-refractivity contribution >= 4 is 35.0 Å². The van der Waals surface area contributed by atoms with Gasteiger partial charge >= 0.3 is 0 Å². The minimum atomic E-state index is -0.144. The lowest BCUT2D eigenvalue weighted by Gasteiger charge is -2.12. The molecule has 150 valence electrons. The first kappa shape index (κ1) is 21.1. The van der Waals surface area contributed by atoms with E-state index in [0.29, 0.717) is 22.4 Å². The molecule has 0 spiro atoms. The number of thioether (sulfide) groups is 1. The van der Waals surface area contributed by atoms with Crippen molar-refractivity contribution in [1.29, 1.82) is 0 Å². The van der Waals surface area contributed by atoms with Crippen LogP contribution in [0.25, 0.3) is 11.4 Å². The Kier molecular flexibility index (Phi) is 6.77. The summed E-state index contributed by atoms with van der Waals surface area (Å²) in [5.74, 6) is 0.815. The highest BCUT2D eigenvalue weighted by Crippen LogP contribution is 2.28. The lowest BCUT2D eigenvalue weighted by molar-refractivity contribution is -0.113. The fraction of sp³-hybridized carbons (Fsp3) is 0.227. The summed E-state index contributed by atoms with van der Waals surface area (Å²) in [6, 6.07) is 11.9. The van der Waals surface area contributed by atoms with E-state index in [9.17, 15) is 4.79 Å². The van der Waals surface area contributed by atoms with Crippen molar-refractivity contribution in [3.63, 3.8) is 0 Å². The van der Waals surface area contributed by atoms with Gasteiger partial charge in [0.1, 0.15) is 0 Å². The van der Waals surface area contributed by atoms with Crippen molar-refractivity contribution in [2.45, 2.75) is 32.5 Å². The van der Waals surface area contributed by atoms with Gasteiger partial charge in [0, 0.05) is 12.1 Å². The quantitative estimate of drug-likeness (QED) is 0.403. The van der Waals surface area contributed by atoms with Crippen LogP contribution < -0.4 is 5.32 Å². The summed E-state index contributed by atoms with van der Waals surface area (Å²) >= 11 is 7.62. The molecule has 0 saturated heterocycles. The molecule has 0 aliphatic heterocycles. The van der Waals surface area contributed by atoms with Gasteiger partial charge in [0.25, 0.3) is 0 Å². The van der Waals surface area contributed by atoms with Crippen LogP contribution in [0.4, 0.5) is 5.69 Å². The lowest BCUT2D eigenvalue weighted by atomic mass is 10.1. The van der Waals surface area contributed by atoms with Gasteiger partial charge in [0.15, 0.2) is 11.0 Å². The number of aromatic nitrogens is 3. The molecule has 1 heterocycles. The number of nitrogens with zero attached hydrogens (tertiary/aromatic N) is 3. The van der Waals surface area contributed by atoms with Gasteiger partial charge in [0.05, 0.1) is 16.5 Å². The Bertz CT molecular complexity index is 1040. The van der Waals surface area contributed by atoms with E-state index >= 15 is 0 Å². The van der Waals surface area contributed by atoms with E-state index < -0.39 is 0 Å². The smallest absolute Gasteiger partial charge is 0.234 e. The Morgan fingerprint density at radius 1 is 1.21 bits per heavy atom. The van der Waals surface area contributed by atoms with Crippen molar-refractivity contribution in [2.75, 3.05) is 11.1 Å². The third-order valence-corrected chi connectivity index (χ3v) is 5.60. The Morgan fingerprint density at radius 3 is 2.69 bits per heavy atom. The summed E-state index contributed by atoms with van der Waals surface area (Å²) in [6.07, 6.45) is 1.79. The fourth-order valence-electron chi connectivity index (χ4n) is 3.07. The summed E-state index contributed by atoms with van der Waals surface area (Å²) in [5.41, 5.74) is 4.77. The first-order valence-electron chi connectivity index (χ1n) is 9.19. The topological polar surface area (TPSA) is 59.8 Å². The van der Waals surface area contributed by atoms with E-state index in [-0.39, 0.29) is 11.7 Å². The third kappa shape index (κ3) is 5.08. The summed E-state index contributed by atoms with van der Waals surface area (Å²) in [7, 11) is 0. The molecule has 0 fully saturated rings. The van der Waals surface area contributed by atoms with Crippen LogP contribution in [0, 0.1) is 20.8 Å². The molecule has 1 N–H and O–H groups in total. The lowest BCUT2D eigenvalue weighted by Crippen LogP contribution is -2.16. The average Bonchev–Trinajstić information content (AvgIpc) is 3.06.